The van der Waals surface area contributed by atoms with E-state index in [-0.39, 0.29) is 16.4 Å². The van der Waals surface area contributed by atoms with Crippen LogP contribution < -0.4 is 4.90 Å². The molecule has 0 spiro atoms. The Labute approximate surface area is 345 Å². The summed E-state index contributed by atoms with van der Waals surface area (Å²) in [6.07, 6.45) is 5.78. The Morgan fingerprint density at radius 2 is 1.07 bits per heavy atom. The smallest absolute Gasteiger partial charge is 0.346 e. The molecule has 6 aromatic carbocycles. The van der Waals surface area contributed by atoms with Gasteiger partial charge in [0.05, 0.1) is 0 Å². The summed E-state index contributed by atoms with van der Waals surface area (Å²) in [5.74, 6) is -1.21. The van der Waals surface area contributed by atoms with Crippen molar-refractivity contribution in [2.75, 3.05) is 4.90 Å². The van der Waals surface area contributed by atoms with E-state index in [0.717, 1.165) is 52.6 Å². The molecule has 0 amide bonds. The number of fused-ring (bicyclic) bond motifs is 8. The van der Waals surface area contributed by atoms with Gasteiger partial charge in [-0.2, -0.15) is 5.26 Å². The van der Waals surface area contributed by atoms with Crippen molar-refractivity contribution in [3.63, 3.8) is 0 Å². The molecule has 0 radical (unpaired) electrons. The number of hydrogen-bond acceptors (Lipinski definition) is 5. The number of carboxylic acids is 1. The lowest BCUT2D eigenvalue weighted by atomic mass is 9.82. The molecule has 0 fully saturated rings. The molecule has 0 bridgehead atoms. The number of hydrogen-bond donors (Lipinski definition) is 1. The van der Waals surface area contributed by atoms with Crippen LogP contribution in [-0.4, -0.2) is 11.1 Å². The standard InChI is InChI=1S/C52H38N2O2S2/c1-51(2)44-11-7-5-9-40(44)42-21-18-36(28-46(42)51)54(37-19-22-43-41-10-6-8-12-45(41)52(3,4)47(43)29-37)35-16-13-31(14-17-35)15-20-38-23-32-26-49-33(27-48(32)57-38)24-39(58-49)25-34(30-53)50(55)56/h5-29H,1-4H3,(H,55,56). The quantitative estimate of drug-likeness (QED) is 0.129. The summed E-state index contributed by atoms with van der Waals surface area (Å²) in [6.45, 7) is 9.36. The van der Waals surface area contributed by atoms with Crippen LogP contribution >= 0.6 is 22.7 Å². The van der Waals surface area contributed by atoms with Crippen LogP contribution in [-0.2, 0) is 15.6 Å². The highest BCUT2D eigenvalue weighted by Crippen LogP contribution is 2.53. The molecular formula is C52H38N2O2S2. The van der Waals surface area contributed by atoms with Gasteiger partial charge in [0.25, 0.3) is 0 Å². The molecule has 0 saturated heterocycles. The average molecular weight is 787 g/mol. The normalized spacial score (nSPS) is 14.6. The number of anilines is 3. The summed E-state index contributed by atoms with van der Waals surface area (Å²) in [4.78, 5) is 15.7. The van der Waals surface area contributed by atoms with Gasteiger partial charge < -0.3 is 10.0 Å². The number of benzene rings is 6. The van der Waals surface area contributed by atoms with E-state index in [1.54, 1.807) is 17.4 Å². The van der Waals surface area contributed by atoms with E-state index < -0.39 is 5.97 Å². The van der Waals surface area contributed by atoms with Crippen LogP contribution in [0.5, 0.6) is 0 Å². The summed E-state index contributed by atoms with van der Waals surface area (Å²) in [5.41, 5.74) is 14.7. The van der Waals surface area contributed by atoms with E-state index in [4.69, 9.17) is 0 Å². The van der Waals surface area contributed by atoms with Crippen LogP contribution in [0.3, 0.4) is 0 Å². The molecule has 1 N–H and O–H groups in total. The Balaban J connectivity index is 0.996. The fourth-order valence-corrected chi connectivity index (χ4v) is 11.1. The second-order valence-electron chi connectivity index (χ2n) is 16.3. The lowest BCUT2D eigenvalue weighted by molar-refractivity contribution is -0.132. The first-order chi connectivity index (χ1) is 28.0. The number of nitrogens with zero attached hydrogens (tertiary/aromatic N) is 2. The monoisotopic (exact) mass is 786 g/mol. The summed E-state index contributed by atoms with van der Waals surface area (Å²) in [7, 11) is 0. The molecule has 8 aromatic rings. The Hall–Kier alpha value is -6.52. The molecule has 10 rings (SSSR count). The molecule has 0 atom stereocenters. The van der Waals surface area contributed by atoms with Crippen LogP contribution in [0.25, 0.3) is 60.7 Å². The number of aliphatic carboxylic acids is 1. The highest BCUT2D eigenvalue weighted by atomic mass is 32.1. The van der Waals surface area contributed by atoms with E-state index >= 15 is 0 Å². The van der Waals surface area contributed by atoms with Crippen molar-refractivity contribution in [1.82, 2.24) is 0 Å². The third-order valence-corrected chi connectivity index (χ3v) is 14.2. The number of carbonyl (C=O) groups is 1. The Morgan fingerprint density at radius 1 is 0.586 bits per heavy atom. The SMILES string of the molecule is CC1(C)c2ccccc2-c2ccc(N(c3ccc(C=Cc4cc5cc6sc(C=C(C#N)C(=O)O)cc6cc5s4)cc3)c3ccc4c(c3)C(C)(C)c3ccccc3-4)cc21. The third kappa shape index (κ3) is 5.73. The molecule has 4 nitrogen and oxygen atoms in total. The Morgan fingerprint density at radius 3 is 1.60 bits per heavy atom. The van der Waals surface area contributed by atoms with Gasteiger partial charge in [0.2, 0.25) is 0 Å². The third-order valence-electron chi connectivity index (χ3n) is 12.1. The van der Waals surface area contributed by atoms with Crippen molar-refractivity contribution in [1.29, 1.82) is 5.26 Å². The van der Waals surface area contributed by atoms with E-state index in [1.807, 2.05) is 6.07 Å². The van der Waals surface area contributed by atoms with Crippen molar-refractivity contribution in [2.24, 2.45) is 0 Å². The minimum Gasteiger partial charge on any atom is -0.477 e. The van der Waals surface area contributed by atoms with E-state index in [1.165, 1.54) is 61.9 Å². The summed E-state index contributed by atoms with van der Waals surface area (Å²) in [6, 6.07) is 50.7. The summed E-state index contributed by atoms with van der Waals surface area (Å²) < 4.78 is 2.22. The first-order valence-corrected chi connectivity index (χ1v) is 21.0. The topological polar surface area (TPSA) is 64.3 Å². The van der Waals surface area contributed by atoms with E-state index in [0.29, 0.717) is 0 Å². The number of thiophene rings is 2. The van der Waals surface area contributed by atoms with Crippen molar-refractivity contribution >= 4 is 84.1 Å². The molecule has 58 heavy (non-hydrogen) atoms. The second kappa shape index (κ2) is 13.3. The van der Waals surface area contributed by atoms with Gasteiger partial charge in [-0.15, -0.1) is 22.7 Å². The molecule has 280 valence electrons. The van der Waals surface area contributed by atoms with Crippen molar-refractivity contribution < 1.29 is 9.90 Å². The number of carboxylic acid groups (broad SMARTS) is 1. The second-order valence-corrected chi connectivity index (χ2v) is 18.5. The largest absolute Gasteiger partial charge is 0.477 e. The maximum atomic E-state index is 11.3. The zero-order chi connectivity index (χ0) is 39.9. The Kier molecular flexibility index (Phi) is 8.21. The van der Waals surface area contributed by atoms with Crippen LogP contribution in [0.4, 0.5) is 17.1 Å². The fraction of sp³-hybridized carbons (Fsp3) is 0.115. The fourth-order valence-electron chi connectivity index (χ4n) is 9.07. The first kappa shape index (κ1) is 35.9. The Bertz CT molecular complexity index is 2960. The van der Waals surface area contributed by atoms with Crippen LogP contribution in [0, 0.1) is 11.3 Å². The molecule has 6 heteroatoms. The van der Waals surface area contributed by atoms with Crippen molar-refractivity contribution in [3.8, 4) is 28.3 Å². The molecule has 0 saturated carbocycles. The van der Waals surface area contributed by atoms with Gasteiger partial charge in [-0.25, -0.2) is 4.79 Å². The lowest BCUT2D eigenvalue weighted by Crippen LogP contribution is -2.18. The first-order valence-electron chi connectivity index (χ1n) is 19.4. The van der Waals surface area contributed by atoms with Crippen molar-refractivity contribution in [2.45, 2.75) is 38.5 Å². The minimum atomic E-state index is -1.21. The van der Waals surface area contributed by atoms with Crippen LogP contribution in [0.15, 0.2) is 139 Å². The highest BCUT2D eigenvalue weighted by molar-refractivity contribution is 7.21. The van der Waals surface area contributed by atoms with Gasteiger partial charge >= 0.3 is 5.97 Å². The van der Waals surface area contributed by atoms with Gasteiger partial charge in [0.15, 0.2) is 0 Å². The molecule has 2 heterocycles. The van der Waals surface area contributed by atoms with Crippen LogP contribution in [0.2, 0.25) is 0 Å². The molecular weight excluding hydrogens is 749 g/mol. The number of rotatable bonds is 7. The van der Waals surface area contributed by atoms with E-state index in [2.05, 4.69) is 172 Å². The van der Waals surface area contributed by atoms with Gasteiger partial charge in [-0.3, -0.25) is 0 Å². The zero-order valence-electron chi connectivity index (χ0n) is 32.5. The predicted octanol–water partition coefficient (Wildman–Crippen LogP) is 14.4. The average Bonchev–Trinajstić information content (AvgIpc) is 3.94. The van der Waals surface area contributed by atoms with E-state index in [9.17, 15) is 15.2 Å². The molecule has 2 aliphatic carbocycles. The maximum absolute atomic E-state index is 11.3. The lowest BCUT2D eigenvalue weighted by Gasteiger charge is -2.29. The van der Waals surface area contributed by atoms with Crippen molar-refractivity contribution in [3.05, 3.63) is 177 Å². The van der Waals surface area contributed by atoms with Gasteiger partial charge in [0.1, 0.15) is 11.6 Å². The summed E-state index contributed by atoms with van der Waals surface area (Å²) in [5, 5.41) is 20.6. The van der Waals surface area contributed by atoms with Gasteiger partial charge in [0, 0.05) is 47.0 Å². The number of nitriles is 1. The molecule has 0 unspecified atom stereocenters. The summed E-state index contributed by atoms with van der Waals surface area (Å²) >= 11 is 3.21. The molecule has 2 aliphatic rings. The molecule has 2 aromatic heterocycles. The zero-order valence-corrected chi connectivity index (χ0v) is 34.1. The van der Waals surface area contributed by atoms with Gasteiger partial charge in [-0.05, 0) is 134 Å². The molecule has 0 aliphatic heterocycles. The van der Waals surface area contributed by atoms with Gasteiger partial charge in [-0.1, -0.05) is 107 Å². The highest BCUT2D eigenvalue weighted by Gasteiger charge is 2.37. The predicted molar refractivity (Wildman–Crippen MR) is 244 cm³/mol. The van der Waals surface area contributed by atoms with Crippen LogP contribution in [0.1, 0.15) is 65.3 Å². The minimum absolute atomic E-state index is 0.115. The maximum Gasteiger partial charge on any atom is 0.346 e.